The zero-order valence-electron chi connectivity index (χ0n) is 11.8. The largest absolute Gasteiger partial charge is 0.482 e. The van der Waals surface area contributed by atoms with Gasteiger partial charge in [0, 0.05) is 18.3 Å². The topological polar surface area (TPSA) is 103 Å². The molecule has 1 aromatic rings. The Morgan fingerprint density at radius 1 is 1.41 bits per heavy atom. The number of hydrogen-bond acceptors (Lipinski definition) is 5. The lowest BCUT2D eigenvalue weighted by Gasteiger charge is -2.19. The molecule has 120 valence electrons. The lowest BCUT2D eigenvalue weighted by Crippen LogP contribution is -2.30. The van der Waals surface area contributed by atoms with Crippen molar-refractivity contribution >= 4 is 35.6 Å². The number of halogens is 1. The van der Waals surface area contributed by atoms with Gasteiger partial charge in [-0.25, -0.2) is 0 Å². The summed E-state index contributed by atoms with van der Waals surface area (Å²) in [7, 11) is 0. The molecule has 0 aromatic heterocycles. The molecule has 0 bridgehead atoms. The van der Waals surface area contributed by atoms with Crippen LogP contribution in [-0.2, 0) is 14.3 Å². The minimum atomic E-state index is -0.463. The Hall–Kier alpha value is -1.83. The third-order valence-electron chi connectivity index (χ3n) is 3.54. The molecule has 2 aliphatic heterocycles. The Bertz CT molecular complexity index is 581. The van der Waals surface area contributed by atoms with Crippen LogP contribution in [0.15, 0.2) is 18.2 Å². The molecule has 0 unspecified atom stereocenters. The highest BCUT2D eigenvalue weighted by Gasteiger charge is 2.30. The maximum absolute atomic E-state index is 12.1. The predicted octanol–water partition coefficient (Wildman–Crippen LogP) is 0.884. The SMILES string of the molecule is Cl.NC[C@H]1CC[C@@H](C(=O)Nc2ccc3c(c2)OCC(=O)N3)O1. The Balaban J connectivity index is 0.00000176. The summed E-state index contributed by atoms with van der Waals surface area (Å²) >= 11 is 0. The first-order valence-electron chi connectivity index (χ1n) is 6.89. The summed E-state index contributed by atoms with van der Waals surface area (Å²) in [6.07, 6.45) is 0.970. The van der Waals surface area contributed by atoms with Crippen molar-refractivity contribution in [3.63, 3.8) is 0 Å². The van der Waals surface area contributed by atoms with Gasteiger partial charge in [-0.05, 0) is 25.0 Å². The van der Waals surface area contributed by atoms with Gasteiger partial charge in [-0.15, -0.1) is 12.4 Å². The van der Waals surface area contributed by atoms with Gasteiger partial charge in [0.15, 0.2) is 6.61 Å². The quantitative estimate of drug-likeness (QED) is 0.765. The number of nitrogens with two attached hydrogens (primary N) is 1. The predicted molar refractivity (Wildman–Crippen MR) is 83.4 cm³/mol. The van der Waals surface area contributed by atoms with Crippen LogP contribution in [0, 0.1) is 0 Å². The van der Waals surface area contributed by atoms with E-state index in [0.717, 1.165) is 6.42 Å². The average Bonchev–Trinajstić information content (AvgIpc) is 2.96. The first-order chi connectivity index (χ1) is 10.2. The van der Waals surface area contributed by atoms with Gasteiger partial charge in [0.1, 0.15) is 11.9 Å². The second-order valence-electron chi connectivity index (χ2n) is 5.10. The second-order valence-corrected chi connectivity index (χ2v) is 5.10. The van der Waals surface area contributed by atoms with Crippen LogP contribution < -0.4 is 21.1 Å². The molecule has 0 spiro atoms. The van der Waals surface area contributed by atoms with Crippen molar-refractivity contribution in [1.29, 1.82) is 0 Å². The van der Waals surface area contributed by atoms with Crippen LogP contribution in [0.2, 0.25) is 0 Å². The summed E-state index contributed by atoms with van der Waals surface area (Å²) in [4.78, 5) is 23.3. The number of fused-ring (bicyclic) bond motifs is 1. The average molecular weight is 328 g/mol. The molecule has 1 saturated heterocycles. The van der Waals surface area contributed by atoms with E-state index in [2.05, 4.69) is 10.6 Å². The monoisotopic (exact) mass is 327 g/mol. The summed E-state index contributed by atoms with van der Waals surface area (Å²) in [5, 5.41) is 5.49. The zero-order chi connectivity index (χ0) is 14.8. The molecule has 4 N–H and O–H groups in total. The molecule has 0 saturated carbocycles. The highest BCUT2D eigenvalue weighted by molar-refractivity contribution is 5.98. The smallest absolute Gasteiger partial charge is 0.262 e. The van der Waals surface area contributed by atoms with Crippen molar-refractivity contribution in [3.8, 4) is 5.75 Å². The van der Waals surface area contributed by atoms with E-state index in [1.165, 1.54) is 0 Å². The maximum Gasteiger partial charge on any atom is 0.262 e. The van der Waals surface area contributed by atoms with Crippen molar-refractivity contribution < 1.29 is 19.1 Å². The number of carbonyl (C=O) groups excluding carboxylic acids is 2. The van der Waals surface area contributed by atoms with E-state index in [1.807, 2.05) is 0 Å². The Morgan fingerprint density at radius 3 is 2.95 bits per heavy atom. The molecule has 2 aliphatic rings. The highest BCUT2D eigenvalue weighted by Crippen LogP contribution is 2.31. The number of rotatable bonds is 3. The lowest BCUT2D eigenvalue weighted by molar-refractivity contribution is -0.126. The standard InChI is InChI=1S/C14H17N3O4.ClH/c15-6-9-2-4-11(21-9)14(19)16-8-1-3-10-12(5-8)20-7-13(18)17-10;/h1,3,5,9,11H,2,4,6-7,15H2,(H,16,19)(H,17,18);1H/t9-,11+;/m1./s1. The third kappa shape index (κ3) is 3.49. The van der Waals surface area contributed by atoms with Crippen molar-refractivity contribution in [2.24, 2.45) is 5.73 Å². The molecule has 22 heavy (non-hydrogen) atoms. The second kappa shape index (κ2) is 6.95. The molecule has 2 atom stereocenters. The van der Waals surface area contributed by atoms with Crippen LogP contribution in [0.4, 0.5) is 11.4 Å². The molecule has 7 nitrogen and oxygen atoms in total. The number of hydrogen-bond donors (Lipinski definition) is 3. The summed E-state index contributed by atoms with van der Waals surface area (Å²) in [6, 6.07) is 5.09. The summed E-state index contributed by atoms with van der Waals surface area (Å²) < 4.78 is 10.9. The Labute approximate surface area is 133 Å². The van der Waals surface area contributed by atoms with Gasteiger partial charge in [0.05, 0.1) is 11.8 Å². The molecule has 2 heterocycles. The van der Waals surface area contributed by atoms with E-state index in [4.69, 9.17) is 15.2 Å². The first kappa shape index (κ1) is 16.5. The lowest BCUT2D eigenvalue weighted by atomic mass is 10.2. The normalized spacial score (nSPS) is 22.9. The summed E-state index contributed by atoms with van der Waals surface area (Å²) in [5.41, 5.74) is 6.74. The fraction of sp³-hybridized carbons (Fsp3) is 0.429. The molecular weight excluding hydrogens is 310 g/mol. The molecule has 1 aromatic carbocycles. The van der Waals surface area contributed by atoms with Crippen molar-refractivity contribution in [2.75, 3.05) is 23.8 Å². The Morgan fingerprint density at radius 2 is 2.23 bits per heavy atom. The van der Waals surface area contributed by atoms with Gasteiger partial charge in [0.25, 0.3) is 11.8 Å². The van der Waals surface area contributed by atoms with Gasteiger partial charge >= 0.3 is 0 Å². The fourth-order valence-electron chi connectivity index (χ4n) is 2.45. The molecule has 0 aliphatic carbocycles. The molecule has 8 heteroatoms. The van der Waals surface area contributed by atoms with Crippen LogP contribution in [0.1, 0.15) is 12.8 Å². The zero-order valence-corrected chi connectivity index (χ0v) is 12.7. The number of benzene rings is 1. The Kier molecular flexibility index (Phi) is 5.23. The van der Waals surface area contributed by atoms with Crippen molar-refractivity contribution in [2.45, 2.75) is 25.0 Å². The number of anilines is 2. The first-order valence-corrected chi connectivity index (χ1v) is 6.89. The van der Waals surface area contributed by atoms with Crippen molar-refractivity contribution in [1.82, 2.24) is 0 Å². The van der Waals surface area contributed by atoms with E-state index in [-0.39, 0.29) is 36.9 Å². The minimum Gasteiger partial charge on any atom is -0.482 e. The minimum absolute atomic E-state index is 0. The molecule has 3 rings (SSSR count). The molecule has 0 radical (unpaired) electrons. The van der Waals surface area contributed by atoms with Crippen LogP contribution in [0.5, 0.6) is 5.75 Å². The number of nitrogens with one attached hydrogen (secondary N) is 2. The van der Waals surface area contributed by atoms with E-state index >= 15 is 0 Å². The van der Waals surface area contributed by atoms with E-state index in [0.29, 0.717) is 30.1 Å². The molecular formula is C14H18ClN3O4. The van der Waals surface area contributed by atoms with Crippen LogP contribution in [0.25, 0.3) is 0 Å². The summed E-state index contributed by atoms with van der Waals surface area (Å²) in [6.45, 7) is 0.407. The van der Waals surface area contributed by atoms with E-state index in [9.17, 15) is 9.59 Å². The van der Waals surface area contributed by atoms with Gasteiger partial charge in [-0.3, -0.25) is 9.59 Å². The highest BCUT2D eigenvalue weighted by atomic mass is 35.5. The summed E-state index contributed by atoms with van der Waals surface area (Å²) in [5.74, 6) is 0.164. The van der Waals surface area contributed by atoms with E-state index < -0.39 is 6.10 Å². The van der Waals surface area contributed by atoms with E-state index in [1.54, 1.807) is 18.2 Å². The fourth-order valence-corrected chi connectivity index (χ4v) is 2.45. The van der Waals surface area contributed by atoms with Crippen LogP contribution in [-0.4, -0.2) is 37.2 Å². The van der Waals surface area contributed by atoms with Gasteiger partial charge in [-0.2, -0.15) is 0 Å². The number of ether oxygens (including phenoxy) is 2. The third-order valence-corrected chi connectivity index (χ3v) is 3.54. The van der Waals surface area contributed by atoms with Crippen molar-refractivity contribution in [3.05, 3.63) is 18.2 Å². The molecule has 1 fully saturated rings. The van der Waals surface area contributed by atoms with Crippen LogP contribution in [0.3, 0.4) is 0 Å². The number of carbonyl (C=O) groups is 2. The van der Waals surface area contributed by atoms with Gasteiger partial charge < -0.3 is 25.8 Å². The van der Waals surface area contributed by atoms with Gasteiger partial charge in [0.2, 0.25) is 0 Å². The maximum atomic E-state index is 12.1. The number of amides is 2. The van der Waals surface area contributed by atoms with Crippen LogP contribution >= 0.6 is 12.4 Å². The van der Waals surface area contributed by atoms with Gasteiger partial charge in [-0.1, -0.05) is 0 Å². The molecule has 2 amide bonds.